The Labute approximate surface area is 149 Å². The molecular formula is C16H20N8O2. The number of aromatic amines is 1. The van der Waals surface area contributed by atoms with Crippen LogP contribution >= 0.6 is 0 Å². The molecule has 0 fully saturated rings. The summed E-state index contributed by atoms with van der Waals surface area (Å²) in [6.07, 6.45) is 0.717. The second-order valence-corrected chi connectivity index (χ2v) is 5.93. The second-order valence-electron chi connectivity index (χ2n) is 5.93. The van der Waals surface area contributed by atoms with Crippen LogP contribution in [0.4, 0.5) is 0 Å². The quantitative estimate of drug-likeness (QED) is 0.613. The minimum atomic E-state index is -0.418. The lowest BCUT2D eigenvalue weighted by molar-refractivity contribution is -0.122. The molecule has 1 amide bonds. The van der Waals surface area contributed by atoms with Crippen molar-refractivity contribution in [2.24, 2.45) is 0 Å². The third-order valence-electron chi connectivity index (χ3n) is 3.99. The molecule has 0 saturated carbocycles. The van der Waals surface area contributed by atoms with Crippen molar-refractivity contribution in [3.8, 4) is 0 Å². The smallest absolute Gasteiger partial charge is 0.345 e. The molecule has 0 aliphatic heterocycles. The van der Waals surface area contributed by atoms with E-state index >= 15 is 0 Å². The van der Waals surface area contributed by atoms with E-state index in [1.54, 1.807) is 18.4 Å². The molecule has 2 aromatic heterocycles. The topological polar surface area (TPSA) is 123 Å². The molecule has 2 N–H and O–H groups in total. The van der Waals surface area contributed by atoms with Gasteiger partial charge in [-0.2, -0.15) is 10.3 Å². The highest BCUT2D eigenvalue weighted by Crippen LogP contribution is 2.04. The summed E-state index contributed by atoms with van der Waals surface area (Å²) in [6, 6.07) is 9.48. The molecule has 0 saturated heterocycles. The predicted molar refractivity (Wildman–Crippen MR) is 92.1 cm³/mol. The van der Waals surface area contributed by atoms with Crippen molar-refractivity contribution < 1.29 is 4.79 Å². The molecule has 136 valence electrons. The van der Waals surface area contributed by atoms with Crippen LogP contribution in [0.25, 0.3) is 0 Å². The Hall–Kier alpha value is -3.30. The number of aryl methyl sites for hydroxylation is 2. The fourth-order valence-electron chi connectivity index (χ4n) is 2.64. The zero-order valence-electron chi connectivity index (χ0n) is 14.6. The predicted octanol–water partition coefficient (Wildman–Crippen LogP) is -0.0136. The number of hydrogen-bond acceptors (Lipinski definition) is 6. The van der Waals surface area contributed by atoms with Crippen molar-refractivity contribution in [2.75, 3.05) is 0 Å². The summed E-state index contributed by atoms with van der Waals surface area (Å²) in [7, 11) is 0. The maximum atomic E-state index is 12.5. The van der Waals surface area contributed by atoms with Gasteiger partial charge in [-0.05, 0) is 25.8 Å². The third kappa shape index (κ3) is 4.02. The normalized spacial score (nSPS) is 12.1. The van der Waals surface area contributed by atoms with E-state index in [-0.39, 0.29) is 18.1 Å². The van der Waals surface area contributed by atoms with Gasteiger partial charge in [-0.3, -0.25) is 9.36 Å². The van der Waals surface area contributed by atoms with E-state index in [0.717, 1.165) is 5.56 Å². The number of rotatable bonds is 7. The molecule has 1 aromatic carbocycles. The Bertz CT molecular complexity index is 914. The van der Waals surface area contributed by atoms with Gasteiger partial charge in [0.25, 0.3) is 0 Å². The van der Waals surface area contributed by atoms with Crippen LogP contribution in [0.3, 0.4) is 0 Å². The van der Waals surface area contributed by atoms with Crippen LogP contribution in [0.2, 0.25) is 0 Å². The van der Waals surface area contributed by atoms with Crippen molar-refractivity contribution in [1.29, 1.82) is 0 Å². The molecule has 0 spiro atoms. The Morgan fingerprint density at radius 3 is 2.77 bits per heavy atom. The number of benzene rings is 1. The summed E-state index contributed by atoms with van der Waals surface area (Å²) in [4.78, 5) is 24.7. The van der Waals surface area contributed by atoms with Gasteiger partial charge >= 0.3 is 5.69 Å². The standard InChI is InChI=1S/C16H20N8O2/c1-11(15-18-21-22-19-15)17-14(25)10-24-16(26)23(12(2)20-24)9-8-13-6-4-3-5-7-13/h3-7,11H,8-10H2,1-2H3,(H,17,25)(H,18,19,21,22)/t11-/m0/s1. The lowest BCUT2D eigenvalue weighted by atomic mass is 10.1. The molecule has 0 aliphatic carbocycles. The Kier molecular flexibility index (Phi) is 5.20. The van der Waals surface area contributed by atoms with Crippen LogP contribution in [0, 0.1) is 6.92 Å². The number of aromatic nitrogens is 7. The summed E-state index contributed by atoms with van der Waals surface area (Å²) in [5.74, 6) is 0.595. The summed E-state index contributed by atoms with van der Waals surface area (Å²) >= 11 is 0. The van der Waals surface area contributed by atoms with Gasteiger partial charge in [-0.1, -0.05) is 35.5 Å². The minimum Gasteiger partial charge on any atom is -0.345 e. The van der Waals surface area contributed by atoms with Crippen molar-refractivity contribution >= 4 is 5.91 Å². The fourth-order valence-corrected chi connectivity index (χ4v) is 2.64. The first-order valence-electron chi connectivity index (χ1n) is 8.25. The van der Waals surface area contributed by atoms with E-state index in [9.17, 15) is 9.59 Å². The highest BCUT2D eigenvalue weighted by molar-refractivity contribution is 5.75. The number of nitrogens with zero attached hydrogens (tertiary/aromatic N) is 6. The number of carbonyl (C=O) groups excluding carboxylic acids is 1. The van der Waals surface area contributed by atoms with Gasteiger partial charge in [0.15, 0.2) is 5.82 Å². The van der Waals surface area contributed by atoms with Crippen molar-refractivity contribution in [3.05, 3.63) is 58.0 Å². The lowest BCUT2D eigenvalue weighted by Gasteiger charge is -2.09. The second kappa shape index (κ2) is 7.72. The molecule has 2 heterocycles. The summed E-state index contributed by atoms with van der Waals surface area (Å²) in [6.45, 7) is 3.83. The summed E-state index contributed by atoms with van der Waals surface area (Å²) in [5.41, 5.74) is 0.832. The van der Waals surface area contributed by atoms with E-state index in [1.165, 1.54) is 4.68 Å². The molecule has 3 aromatic rings. The van der Waals surface area contributed by atoms with Gasteiger partial charge in [0, 0.05) is 6.54 Å². The molecule has 26 heavy (non-hydrogen) atoms. The van der Waals surface area contributed by atoms with Gasteiger partial charge in [-0.25, -0.2) is 9.48 Å². The molecule has 0 radical (unpaired) electrons. The summed E-state index contributed by atoms with van der Waals surface area (Å²) < 4.78 is 2.74. The summed E-state index contributed by atoms with van der Waals surface area (Å²) in [5, 5.41) is 20.3. The Morgan fingerprint density at radius 1 is 1.31 bits per heavy atom. The molecule has 0 unspecified atom stereocenters. The van der Waals surface area contributed by atoms with Crippen LogP contribution in [0.1, 0.15) is 30.2 Å². The van der Waals surface area contributed by atoms with Crippen LogP contribution in [-0.4, -0.2) is 40.9 Å². The lowest BCUT2D eigenvalue weighted by Crippen LogP contribution is -2.35. The largest absolute Gasteiger partial charge is 0.346 e. The van der Waals surface area contributed by atoms with E-state index in [1.807, 2.05) is 30.3 Å². The Morgan fingerprint density at radius 2 is 2.08 bits per heavy atom. The first kappa shape index (κ1) is 17.5. The minimum absolute atomic E-state index is 0.166. The molecule has 10 nitrogen and oxygen atoms in total. The number of amides is 1. The average molecular weight is 356 g/mol. The van der Waals surface area contributed by atoms with Crippen LogP contribution in [-0.2, 0) is 24.3 Å². The number of nitrogens with one attached hydrogen (secondary N) is 2. The van der Waals surface area contributed by atoms with Crippen LogP contribution in [0.15, 0.2) is 35.1 Å². The number of tetrazole rings is 1. The molecule has 0 aliphatic rings. The SMILES string of the molecule is Cc1nn(CC(=O)N[C@@H](C)c2nn[nH]n2)c(=O)n1CCc1ccccc1. The van der Waals surface area contributed by atoms with Gasteiger partial charge < -0.3 is 5.32 Å². The van der Waals surface area contributed by atoms with Gasteiger partial charge in [-0.15, -0.1) is 10.2 Å². The van der Waals surface area contributed by atoms with Crippen molar-refractivity contribution in [3.63, 3.8) is 0 Å². The fraction of sp³-hybridized carbons (Fsp3) is 0.375. The third-order valence-corrected chi connectivity index (χ3v) is 3.99. The van der Waals surface area contributed by atoms with Gasteiger partial charge in [0.1, 0.15) is 12.4 Å². The van der Waals surface area contributed by atoms with E-state index in [4.69, 9.17) is 0 Å². The van der Waals surface area contributed by atoms with E-state index in [0.29, 0.717) is 24.6 Å². The first-order valence-corrected chi connectivity index (χ1v) is 8.25. The first-order chi connectivity index (χ1) is 12.5. The maximum absolute atomic E-state index is 12.5. The molecule has 0 bridgehead atoms. The maximum Gasteiger partial charge on any atom is 0.346 e. The Balaban J connectivity index is 1.63. The molecule has 10 heteroatoms. The van der Waals surface area contributed by atoms with Crippen LogP contribution in [0.5, 0.6) is 0 Å². The van der Waals surface area contributed by atoms with Crippen molar-refractivity contribution in [2.45, 2.75) is 39.4 Å². The zero-order chi connectivity index (χ0) is 18.5. The number of carbonyl (C=O) groups is 1. The monoisotopic (exact) mass is 356 g/mol. The van der Waals surface area contributed by atoms with Gasteiger partial charge in [0.2, 0.25) is 5.91 Å². The highest BCUT2D eigenvalue weighted by Gasteiger charge is 2.17. The number of hydrogen-bond donors (Lipinski definition) is 2. The zero-order valence-corrected chi connectivity index (χ0v) is 14.6. The van der Waals surface area contributed by atoms with Crippen LogP contribution < -0.4 is 11.0 Å². The van der Waals surface area contributed by atoms with Crippen molar-refractivity contribution in [1.82, 2.24) is 40.3 Å². The molecule has 1 atom stereocenters. The number of H-pyrrole nitrogens is 1. The average Bonchev–Trinajstić information content (AvgIpc) is 3.24. The molecule has 3 rings (SSSR count). The van der Waals surface area contributed by atoms with Gasteiger partial charge in [0.05, 0.1) is 6.04 Å². The highest BCUT2D eigenvalue weighted by atomic mass is 16.2. The molecular weight excluding hydrogens is 336 g/mol. The van der Waals surface area contributed by atoms with E-state index in [2.05, 4.69) is 31.0 Å². The van der Waals surface area contributed by atoms with E-state index < -0.39 is 6.04 Å².